The molecule has 3 N–H and O–H groups in total. The minimum absolute atomic E-state index is 0.0355. The van der Waals surface area contributed by atoms with Gasteiger partial charge in [0.05, 0.1) is 18.9 Å². The van der Waals surface area contributed by atoms with Crippen molar-refractivity contribution in [2.24, 2.45) is 0 Å². The molecule has 212 valence electrons. The number of anilines is 1. The smallest absolute Gasteiger partial charge is 0.461 e. The number of nitrogens with two attached hydrogens (primary N) is 1. The van der Waals surface area contributed by atoms with Crippen LogP contribution >= 0.6 is 7.82 Å². The number of nitrogens with zero attached hydrogens (tertiary/aromatic N) is 3. The van der Waals surface area contributed by atoms with Crippen LogP contribution in [0.2, 0.25) is 0 Å². The van der Waals surface area contributed by atoms with E-state index in [4.69, 9.17) is 28.8 Å². The Bertz CT molecular complexity index is 1320. The Kier molecular flexibility index (Phi) is 9.76. The lowest BCUT2D eigenvalue weighted by Crippen LogP contribution is -2.45. The van der Waals surface area contributed by atoms with Gasteiger partial charge in [-0.1, -0.05) is 30.0 Å². The van der Waals surface area contributed by atoms with Crippen LogP contribution in [0.4, 0.5) is 14.6 Å². The van der Waals surface area contributed by atoms with Gasteiger partial charge in [-0.3, -0.25) is 9.05 Å². The average molecular weight is 572 g/mol. The second kappa shape index (κ2) is 12.6. The van der Waals surface area contributed by atoms with Crippen molar-refractivity contribution in [1.29, 1.82) is 0 Å². The molecule has 0 spiro atoms. The molecule has 1 aromatic heterocycles. The van der Waals surface area contributed by atoms with E-state index in [9.17, 15) is 23.7 Å². The summed E-state index contributed by atoms with van der Waals surface area (Å²) >= 11 is 0. The van der Waals surface area contributed by atoms with Crippen LogP contribution < -0.4 is 15.9 Å². The maximum absolute atomic E-state index is 16.0. The molecule has 39 heavy (non-hydrogen) atoms. The summed E-state index contributed by atoms with van der Waals surface area (Å²) in [7, 11) is -4.67. The van der Waals surface area contributed by atoms with Gasteiger partial charge in [-0.15, -0.1) is 0 Å². The van der Waals surface area contributed by atoms with E-state index < -0.39 is 69.1 Å². The second-order valence-electron chi connectivity index (χ2n) is 8.46. The molecule has 0 radical (unpaired) electrons. The van der Waals surface area contributed by atoms with Crippen molar-refractivity contribution in [2.75, 3.05) is 19.0 Å². The number of carbonyl (C=O) groups excluding carboxylic acids is 1. The maximum atomic E-state index is 16.0. The number of benzene rings is 1. The van der Waals surface area contributed by atoms with Gasteiger partial charge in [0.2, 0.25) is 11.9 Å². The molecule has 1 aliphatic heterocycles. The molecule has 1 aliphatic rings. The highest BCUT2D eigenvalue weighted by atomic mass is 31.2. The highest BCUT2D eigenvalue weighted by Gasteiger charge is 2.59. The molecule has 6 atom stereocenters. The molecular weight excluding hydrogens is 545 g/mol. The highest BCUT2D eigenvalue weighted by Crippen LogP contribution is 2.52. The summed E-state index contributed by atoms with van der Waals surface area (Å²) in [6.07, 6.45) is -6.84. The topological polar surface area (TPSA) is 174 Å². The third-order valence-corrected chi connectivity index (χ3v) is 6.55. The van der Waals surface area contributed by atoms with E-state index in [0.29, 0.717) is 4.68 Å². The number of hydrogen-bond acceptors (Lipinski definition) is 12. The van der Waals surface area contributed by atoms with Crippen LogP contribution in [0.5, 0.6) is 5.75 Å². The first-order valence-corrected chi connectivity index (χ1v) is 13.0. The zero-order valence-electron chi connectivity index (χ0n) is 21.1. The van der Waals surface area contributed by atoms with Gasteiger partial charge in [0.1, 0.15) is 30.4 Å². The lowest BCUT2D eigenvalue weighted by Gasteiger charge is -2.24. The van der Waals surface area contributed by atoms with Crippen LogP contribution in [0, 0.1) is 11.8 Å². The normalized spacial score (nSPS) is 24.8. The fourth-order valence-corrected chi connectivity index (χ4v) is 4.71. The molecule has 2 heterocycles. The molecule has 1 fully saturated rings. The number of carbonyl (C=O) groups is 1. The summed E-state index contributed by atoms with van der Waals surface area (Å²) in [5.74, 6) is 2.66. The van der Waals surface area contributed by atoms with Crippen molar-refractivity contribution < 1.29 is 46.3 Å². The predicted octanol–water partition coefficient (Wildman–Crippen LogP) is 1.72. The molecule has 13 nitrogen and oxygen atoms in total. The molecule has 0 bridgehead atoms. The van der Waals surface area contributed by atoms with E-state index in [1.54, 1.807) is 32.0 Å². The Hall–Kier alpha value is -3.41. The average Bonchev–Trinajstić information content (AvgIpc) is 3.11. The Morgan fingerprint density at radius 2 is 2.03 bits per heavy atom. The standard InChI is InChI=1S/C23H27F2N4O9P/c1-14(2)35-20(31)15(3)37-39(33,38-16-8-5-4-6-9-16)34-13-17-19(30)23(25,10-7-11-24)21(36-17)29-22(32)28-18(26)12-27-29/h4-6,8-9,12,14-15,17,19,21,30H,11,13H2,1-3H3,(H2,26,28,32)/t15-,17+,19?,21?,23?,39?/m0/s1. The zero-order valence-corrected chi connectivity index (χ0v) is 22.0. The lowest BCUT2D eigenvalue weighted by molar-refractivity contribution is -0.156. The van der Waals surface area contributed by atoms with Crippen LogP contribution in [0.15, 0.2) is 41.3 Å². The number of hydrogen-bond donors (Lipinski definition) is 2. The van der Waals surface area contributed by atoms with Crippen LogP contribution in [0.25, 0.3) is 0 Å². The first kappa shape index (κ1) is 30.1. The van der Waals surface area contributed by atoms with Crippen molar-refractivity contribution in [1.82, 2.24) is 14.8 Å². The summed E-state index contributed by atoms with van der Waals surface area (Å²) in [6.45, 7) is 2.32. The number of phosphoric ester groups is 1. The molecule has 2 aromatic rings. The van der Waals surface area contributed by atoms with Crippen LogP contribution in [0.1, 0.15) is 27.0 Å². The Morgan fingerprint density at radius 1 is 1.33 bits per heavy atom. The van der Waals surface area contributed by atoms with Crippen LogP contribution in [0.3, 0.4) is 0 Å². The van der Waals surface area contributed by atoms with E-state index in [2.05, 4.69) is 10.1 Å². The van der Waals surface area contributed by atoms with Crippen LogP contribution in [-0.2, 0) is 27.9 Å². The SMILES string of the molecule is CC(C)OC(=O)[C@H](C)OP(=O)(OC[C@H]1OC(n2ncc(N)nc2=O)C(F)(C#CCF)C1O)Oc1ccccc1. The number of rotatable bonds is 10. The van der Waals surface area contributed by atoms with Gasteiger partial charge in [-0.2, -0.15) is 14.8 Å². The maximum Gasteiger partial charge on any atom is 0.530 e. The lowest BCUT2D eigenvalue weighted by atomic mass is 9.97. The summed E-state index contributed by atoms with van der Waals surface area (Å²) in [6, 6.07) is 7.65. The molecule has 4 unspecified atom stereocenters. The van der Waals surface area contributed by atoms with E-state index >= 15 is 4.39 Å². The molecule has 1 aromatic carbocycles. The number of halogens is 2. The first-order chi connectivity index (χ1) is 18.4. The van der Waals surface area contributed by atoms with E-state index in [1.807, 2.05) is 11.8 Å². The summed E-state index contributed by atoms with van der Waals surface area (Å²) in [5.41, 5.74) is 1.20. The number of nitrogen functional groups attached to an aromatic ring is 1. The summed E-state index contributed by atoms with van der Waals surface area (Å²) < 4.78 is 69.2. The van der Waals surface area contributed by atoms with Crippen molar-refractivity contribution >= 4 is 19.6 Å². The number of esters is 1. The van der Waals surface area contributed by atoms with Gasteiger partial charge in [0.25, 0.3) is 0 Å². The van der Waals surface area contributed by atoms with Gasteiger partial charge in [-0.05, 0) is 32.9 Å². The number of aromatic nitrogens is 3. The first-order valence-electron chi connectivity index (χ1n) is 11.6. The molecule has 3 rings (SSSR count). The van der Waals surface area contributed by atoms with Gasteiger partial charge in [0.15, 0.2) is 6.10 Å². The number of aliphatic hydroxyl groups is 1. The number of ether oxygens (including phenoxy) is 2. The van der Waals surface area contributed by atoms with Crippen molar-refractivity contribution in [3.05, 3.63) is 47.0 Å². The van der Waals surface area contributed by atoms with Crippen molar-refractivity contribution in [2.45, 2.75) is 57.1 Å². The summed E-state index contributed by atoms with van der Waals surface area (Å²) in [4.78, 5) is 28.0. The minimum Gasteiger partial charge on any atom is -0.461 e. The predicted molar refractivity (Wildman–Crippen MR) is 131 cm³/mol. The number of alkyl halides is 2. The van der Waals surface area contributed by atoms with E-state index in [0.717, 1.165) is 6.20 Å². The Balaban J connectivity index is 1.88. The van der Waals surface area contributed by atoms with E-state index in [1.165, 1.54) is 19.1 Å². The molecule has 0 aliphatic carbocycles. The largest absolute Gasteiger partial charge is 0.530 e. The second-order valence-corrected chi connectivity index (χ2v) is 10.0. The molecular formula is C23H27F2N4O9P. The van der Waals surface area contributed by atoms with Gasteiger partial charge in [-0.25, -0.2) is 22.9 Å². The third-order valence-electron chi connectivity index (χ3n) is 5.08. The molecule has 0 saturated carbocycles. The number of phosphoric acid groups is 1. The molecule has 0 amide bonds. The Morgan fingerprint density at radius 3 is 2.64 bits per heavy atom. The number of aliphatic hydroxyl groups excluding tert-OH is 1. The summed E-state index contributed by atoms with van der Waals surface area (Å²) in [5, 5.41) is 14.4. The zero-order chi connectivity index (χ0) is 28.8. The van der Waals surface area contributed by atoms with E-state index in [-0.39, 0.29) is 11.6 Å². The highest BCUT2D eigenvalue weighted by molar-refractivity contribution is 7.49. The Labute approximate surface area is 221 Å². The molecule has 16 heteroatoms. The van der Waals surface area contributed by atoms with Gasteiger partial charge < -0.3 is 24.8 Å². The quantitative estimate of drug-likeness (QED) is 0.240. The molecule has 1 saturated heterocycles. The van der Waals surface area contributed by atoms with Gasteiger partial charge in [0, 0.05) is 0 Å². The fraction of sp³-hybridized carbons (Fsp3) is 0.478. The number of para-hydroxylation sites is 1. The third kappa shape index (κ3) is 7.37. The van der Waals surface area contributed by atoms with Crippen molar-refractivity contribution in [3.63, 3.8) is 0 Å². The fourth-order valence-electron chi connectivity index (χ4n) is 3.37. The van der Waals surface area contributed by atoms with Gasteiger partial charge >= 0.3 is 19.5 Å². The van der Waals surface area contributed by atoms with Crippen LogP contribution in [-0.4, -0.2) is 69.2 Å². The van der Waals surface area contributed by atoms with Crippen molar-refractivity contribution in [3.8, 4) is 17.6 Å². The monoisotopic (exact) mass is 572 g/mol. The minimum atomic E-state index is -4.67.